The maximum absolute atomic E-state index is 6.81. The quantitative estimate of drug-likeness (QED) is 0.173. The predicted octanol–water partition coefficient (Wildman–Crippen LogP) is 16.2. The van der Waals surface area contributed by atoms with Crippen molar-refractivity contribution in [3.63, 3.8) is 0 Å². The Balaban J connectivity index is 1.10. The Morgan fingerprint density at radius 3 is 1.91 bits per heavy atom. The highest BCUT2D eigenvalue weighted by Crippen LogP contribution is 2.46. The van der Waals surface area contributed by atoms with Gasteiger partial charge in [0.2, 0.25) is 0 Å². The Morgan fingerprint density at radius 2 is 1.05 bits per heavy atom. The second kappa shape index (κ2) is 14.0. The average Bonchev–Trinajstić information content (AvgIpc) is 4.05. The standard InChI is InChI=1S/C59H34N4OS/c1-2-15-35(16-3-1)57-60-58(62-59(61-57)45-25-14-24-43-42-22-10-13-28-53(42)65-56(43)45)39-29-30-50(63-49-26-11-8-21-41(49)46-31-36-17-4-5-18-37(36)34-51(46)63)47(33-39)48-32-38-19-6-7-20-40(38)55-54(48)44-23-9-12-27-52(44)64-55/h1-34H. The molecule has 0 aliphatic rings. The number of furan rings is 1. The normalized spacial score (nSPS) is 12.0. The van der Waals surface area contributed by atoms with Gasteiger partial charge in [-0.15, -0.1) is 11.3 Å². The molecule has 0 aliphatic carbocycles. The number of aromatic nitrogens is 4. The first-order valence-corrected chi connectivity index (χ1v) is 22.7. The Hall–Kier alpha value is -8.45. The molecule has 5 nitrogen and oxygen atoms in total. The molecule has 4 aromatic heterocycles. The second-order valence-corrected chi connectivity index (χ2v) is 17.8. The van der Waals surface area contributed by atoms with Crippen LogP contribution < -0.4 is 0 Å². The Bertz CT molecular complexity index is 4260. The van der Waals surface area contributed by atoms with Gasteiger partial charge in [-0.2, -0.15) is 0 Å². The SMILES string of the molecule is c1ccc(-c2nc(-c3ccc(-n4c5ccccc5c5cc6ccccc6cc54)c(-c4cc5ccccc5c5oc6ccccc6c45)c3)nc(-c3cccc4c3sc3ccccc34)n2)cc1. The van der Waals surface area contributed by atoms with E-state index in [1.807, 2.05) is 24.3 Å². The van der Waals surface area contributed by atoms with E-state index in [9.17, 15) is 0 Å². The Kier molecular flexibility index (Phi) is 7.79. The van der Waals surface area contributed by atoms with Gasteiger partial charge in [-0.1, -0.05) is 146 Å². The number of thiophene rings is 1. The zero-order valence-electron chi connectivity index (χ0n) is 34.7. The van der Waals surface area contributed by atoms with Crippen LogP contribution in [0.5, 0.6) is 0 Å². The van der Waals surface area contributed by atoms with Crippen molar-refractivity contribution in [2.24, 2.45) is 0 Å². The van der Waals surface area contributed by atoms with Gasteiger partial charge in [-0.3, -0.25) is 0 Å². The number of fused-ring (bicyclic) bond motifs is 12. The van der Waals surface area contributed by atoms with E-state index in [-0.39, 0.29) is 0 Å². The van der Waals surface area contributed by atoms with Crippen LogP contribution in [0, 0.1) is 0 Å². The van der Waals surface area contributed by atoms with E-state index in [4.69, 9.17) is 19.4 Å². The number of benzene rings is 10. The first-order valence-electron chi connectivity index (χ1n) is 21.8. The van der Waals surface area contributed by atoms with Crippen molar-refractivity contribution in [3.05, 3.63) is 206 Å². The van der Waals surface area contributed by atoms with Gasteiger partial charge in [-0.25, -0.2) is 15.0 Å². The van der Waals surface area contributed by atoms with Crippen LogP contribution in [0.1, 0.15) is 0 Å². The molecule has 14 aromatic rings. The summed E-state index contributed by atoms with van der Waals surface area (Å²) in [6.07, 6.45) is 0. The van der Waals surface area contributed by atoms with Crippen molar-refractivity contribution in [2.75, 3.05) is 0 Å². The fourth-order valence-corrected chi connectivity index (χ4v) is 11.2. The highest BCUT2D eigenvalue weighted by atomic mass is 32.1. The van der Waals surface area contributed by atoms with Gasteiger partial charge in [0.15, 0.2) is 17.5 Å². The number of rotatable bonds is 5. The van der Waals surface area contributed by atoms with Gasteiger partial charge in [-0.05, 0) is 82.4 Å². The van der Waals surface area contributed by atoms with Crippen molar-refractivity contribution >= 4 is 96.8 Å². The predicted molar refractivity (Wildman–Crippen MR) is 271 cm³/mol. The molecule has 0 fully saturated rings. The summed E-state index contributed by atoms with van der Waals surface area (Å²) >= 11 is 1.78. The highest BCUT2D eigenvalue weighted by molar-refractivity contribution is 7.26. The molecule has 10 aromatic carbocycles. The number of nitrogens with zero attached hydrogens (tertiary/aromatic N) is 4. The fraction of sp³-hybridized carbons (Fsp3) is 0. The molecule has 0 saturated carbocycles. The average molecular weight is 847 g/mol. The van der Waals surface area contributed by atoms with E-state index in [0.29, 0.717) is 17.5 Å². The lowest BCUT2D eigenvalue weighted by Gasteiger charge is -2.18. The lowest BCUT2D eigenvalue weighted by atomic mass is 9.93. The summed E-state index contributed by atoms with van der Waals surface area (Å²) in [5.74, 6) is 1.86. The van der Waals surface area contributed by atoms with Crippen molar-refractivity contribution in [1.82, 2.24) is 19.5 Å². The largest absolute Gasteiger partial charge is 0.455 e. The van der Waals surface area contributed by atoms with Crippen LogP contribution in [0.4, 0.5) is 0 Å². The molecule has 302 valence electrons. The lowest BCUT2D eigenvalue weighted by Crippen LogP contribution is -2.02. The van der Waals surface area contributed by atoms with E-state index in [1.54, 1.807) is 11.3 Å². The van der Waals surface area contributed by atoms with Crippen molar-refractivity contribution in [3.8, 4) is 51.0 Å². The first-order chi connectivity index (χ1) is 32.2. The van der Waals surface area contributed by atoms with Crippen molar-refractivity contribution < 1.29 is 4.42 Å². The maximum Gasteiger partial charge on any atom is 0.165 e. The maximum atomic E-state index is 6.81. The minimum absolute atomic E-state index is 0.599. The molecule has 0 unspecified atom stereocenters. The zero-order valence-corrected chi connectivity index (χ0v) is 35.6. The number of hydrogen-bond acceptors (Lipinski definition) is 5. The Morgan fingerprint density at radius 1 is 0.385 bits per heavy atom. The summed E-state index contributed by atoms with van der Waals surface area (Å²) in [6.45, 7) is 0. The van der Waals surface area contributed by atoms with Gasteiger partial charge in [0, 0.05) is 69.4 Å². The molecule has 0 saturated heterocycles. The third-order valence-electron chi connectivity index (χ3n) is 13.0. The van der Waals surface area contributed by atoms with E-state index >= 15 is 0 Å². The van der Waals surface area contributed by atoms with Gasteiger partial charge in [0.25, 0.3) is 0 Å². The summed E-state index contributed by atoms with van der Waals surface area (Å²) in [4.78, 5) is 15.9. The summed E-state index contributed by atoms with van der Waals surface area (Å²) in [5.41, 5.74) is 9.94. The highest BCUT2D eigenvalue weighted by Gasteiger charge is 2.24. The smallest absolute Gasteiger partial charge is 0.165 e. The third kappa shape index (κ3) is 5.54. The van der Waals surface area contributed by atoms with Gasteiger partial charge in [0.05, 0.1) is 16.7 Å². The molecule has 0 aliphatic heterocycles. The third-order valence-corrected chi connectivity index (χ3v) is 14.2. The number of para-hydroxylation sites is 2. The molecule has 0 atom stereocenters. The molecular weight excluding hydrogens is 813 g/mol. The van der Waals surface area contributed by atoms with E-state index in [2.05, 4.69) is 187 Å². The number of hydrogen-bond donors (Lipinski definition) is 0. The summed E-state index contributed by atoms with van der Waals surface area (Å²) < 4.78 is 11.6. The molecule has 6 heteroatoms. The molecule has 0 N–H and O–H groups in total. The van der Waals surface area contributed by atoms with Crippen LogP contribution >= 0.6 is 11.3 Å². The Labute approximate surface area is 376 Å². The van der Waals surface area contributed by atoms with Crippen molar-refractivity contribution in [1.29, 1.82) is 0 Å². The summed E-state index contributed by atoms with van der Waals surface area (Å²) in [6, 6.07) is 73.3. The molecule has 0 spiro atoms. The molecular formula is C59H34N4OS. The molecule has 0 radical (unpaired) electrons. The molecule has 0 amide bonds. The van der Waals surface area contributed by atoms with Crippen molar-refractivity contribution in [2.45, 2.75) is 0 Å². The van der Waals surface area contributed by atoms with Gasteiger partial charge < -0.3 is 8.98 Å². The van der Waals surface area contributed by atoms with Gasteiger partial charge >= 0.3 is 0 Å². The van der Waals surface area contributed by atoms with Crippen LogP contribution in [0.3, 0.4) is 0 Å². The van der Waals surface area contributed by atoms with Gasteiger partial charge in [0.1, 0.15) is 11.2 Å². The topological polar surface area (TPSA) is 56.7 Å². The van der Waals surface area contributed by atoms with Crippen LogP contribution in [0.15, 0.2) is 211 Å². The van der Waals surface area contributed by atoms with E-state index in [0.717, 1.165) is 81.9 Å². The second-order valence-electron chi connectivity index (χ2n) is 16.7. The van der Waals surface area contributed by atoms with E-state index in [1.165, 1.54) is 37.0 Å². The zero-order chi connectivity index (χ0) is 42.6. The van der Waals surface area contributed by atoms with Crippen LogP contribution in [-0.2, 0) is 0 Å². The molecule has 4 heterocycles. The molecule has 65 heavy (non-hydrogen) atoms. The van der Waals surface area contributed by atoms with Crippen LogP contribution in [0.25, 0.3) is 136 Å². The summed E-state index contributed by atoms with van der Waals surface area (Å²) in [5, 5.41) is 11.6. The minimum Gasteiger partial charge on any atom is -0.455 e. The molecule has 0 bridgehead atoms. The van der Waals surface area contributed by atoms with Crippen LogP contribution in [-0.4, -0.2) is 19.5 Å². The monoisotopic (exact) mass is 846 g/mol. The lowest BCUT2D eigenvalue weighted by molar-refractivity contribution is 0.673. The molecule has 14 rings (SSSR count). The van der Waals surface area contributed by atoms with Crippen LogP contribution in [0.2, 0.25) is 0 Å². The van der Waals surface area contributed by atoms with E-state index < -0.39 is 0 Å². The minimum atomic E-state index is 0.599. The summed E-state index contributed by atoms with van der Waals surface area (Å²) in [7, 11) is 0. The first kappa shape index (κ1) is 36.1. The fourth-order valence-electron chi connectivity index (χ4n) is 10.0.